The van der Waals surface area contributed by atoms with Crippen LogP contribution in [0.5, 0.6) is 0 Å². The molecule has 0 spiro atoms. The number of aromatic nitrogens is 2. The number of aliphatic hydroxyl groups is 1. The van der Waals surface area contributed by atoms with Crippen LogP contribution in [0.4, 0.5) is 0 Å². The number of rotatable bonds is 1. The molecule has 0 bridgehead atoms. The number of hydrogen-bond donors (Lipinski definition) is 1. The molecule has 2 heterocycles. The van der Waals surface area contributed by atoms with Crippen LogP contribution < -0.4 is 0 Å². The Morgan fingerprint density at radius 3 is 3.08 bits per heavy atom. The van der Waals surface area contributed by atoms with Gasteiger partial charge in [0.25, 0.3) is 0 Å². The molecule has 62 valence electrons. The van der Waals surface area contributed by atoms with E-state index in [0.29, 0.717) is 0 Å². The topological polar surface area (TPSA) is 37.5 Å². The molecular weight excluding hydrogens is 220 g/mol. The molecule has 2 aromatic heterocycles. The third kappa shape index (κ3) is 1.04. The van der Waals surface area contributed by atoms with Gasteiger partial charge in [-0.1, -0.05) is 0 Å². The Labute approximate surface area is 77.8 Å². The number of nitrogens with zero attached hydrogens (tertiary/aromatic N) is 2. The van der Waals surface area contributed by atoms with E-state index < -0.39 is 0 Å². The Kier molecular flexibility index (Phi) is 1.86. The van der Waals surface area contributed by atoms with Gasteiger partial charge in [0.2, 0.25) is 0 Å². The Morgan fingerprint density at radius 2 is 2.33 bits per heavy atom. The fourth-order valence-electron chi connectivity index (χ4n) is 1.16. The normalized spacial score (nSPS) is 10.8. The molecule has 0 aliphatic heterocycles. The minimum Gasteiger partial charge on any atom is -0.390 e. The summed E-state index contributed by atoms with van der Waals surface area (Å²) in [5.74, 6) is 0. The van der Waals surface area contributed by atoms with E-state index in [2.05, 4.69) is 20.9 Å². The Hall–Kier alpha value is -0.870. The van der Waals surface area contributed by atoms with E-state index in [1.165, 1.54) is 0 Å². The summed E-state index contributed by atoms with van der Waals surface area (Å²) in [5, 5.41) is 8.98. The summed E-state index contributed by atoms with van der Waals surface area (Å²) in [6, 6.07) is 3.74. The summed E-state index contributed by atoms with van der Waals surface area (Å²) < 4.78 is 2.79. The van der Waals surface area contributed by atoms with Crippen LogP contribution in [0.25, 0.3) is 5.65 Å². The van der Waals surface area contributed by atoms with Crippen molar-refractivity contribution < 1.29 is 5.11 Å². The summed E-state index contributed by atoms with van der Waals surface area (Å²) in [4.78, 5) is 4.13. The molecule has 0 atom stereocenters. The highest BCUT2D eigenvalue weighted by Gasteiger charge is 2.02. The number of fused-ring (bicyclic) bond motifs is 1. The molecule has 1 N–H and O–H groups in total. The molecule has 0 fully saturated rings. The van der Waals surface area contributed by atoms with Gasteiger partial charge in [-0.15, -0.1) is 0 Å². The molecule has 2 rings (SSSR count). The lowest BCUT2D eigenvalue weighted by Crippen LogP contribution is -1.95. The molecule has 12 heavy (non-hydrogen) atoms. The van der Waals surface area contributed by atoms with Crippen molar-refractivity contribution in [3.8, 4) is 0 Å². The number of halogens is 1. The van der Waals surface area contributed by atoms with Crippen molar-refractivity contribution in [2.24, 2.45) is 0 Å². The molecule has 0 unspecified atom stereocenters. The molecule has 3 nitrogen and oxygen atoms in total. The lowest BCUT2D eigenvalue weighted by molar-refractivity contribution is 0.275. The zero-order valence-corrected chi connectivity index (χ0v) is 7.82. The average Bonchev–Trinajstić information content (AvgIpc) is 2.54. The van der Waals surface area contributed by atoms with Crippen molar-refractivity contribution in [2.45, 2.75) is 6.61 Å². The summed E-state index contributed by atoms with van der Waals surface area (Å²) in [6.45, 7) is 0.0279. The number of aliphatic hydroxyl groups excluding tert-OH is 1. The van der Waals surface area contributed by atoms with Crippen molar-refractivity contribution in [1.82, 2.24) is 9.38 Å². The first-order chi connectivity index (χ1) is 5.83. The average molecular weight is 227 g/mol. The number of imidazole rings is 1. The van der Waals surface area contributed by atoms with Gasteiger partial charge in [-0.05, 0) is 28.1 Å². The van der Waals surface area contributed by atoms with Crippen LogP contribution in [0, 0.1) is 0 Å². The zero-order chi connectivity index (χ0) is 8.55. The van der Waals surface area contributed by atoms with Gasteiger partial charge >= 0.3 is 0 Å². The highest BCUT2D eigenvalue weighted by Crippen LogP contribution is 2.17. The molecule has 0 aliphatic rings. The third-order valence-corrected chi connectivity index (χ3v) is 2.37. The SMILES string of the molecule is OCc1ccc(Br)c2nccn12. The van der Waals surface area contributed by atoms with Crippen molar-refractivity contribution in [3.05, 3.63) is 34.7 Å². The van der Waals surface area contributed by atoms with Gasteiger partial charge < -0.3 is 9.51 Å². The molecule has 0 aromatic carbocycles. The lowest BCUT2D eigenvalue weighted by Gasteiger charge is -2.02. The Balaban J connectivity index is 2.82. The van der Waals surface area contributed by atoms with E-state index in [0.717, 1.165) is 15.8 Å². The molecule has 2 aromatic rings. The minimum atomic E-state index is 0.0279. The van der Waals surface area contributed by atoms with Gasteiger partial charge in [0, 0.05) is 18.1 Å². The highest BCUT2D eigenvalue weighted by molar-refractivity contribution is 9.10. The van der Waals surface area contributed by atoms with Gasteiger partial charge in [0.15, 0.2) is 5.65 Å². The van der Waals surface area contributed by atoms with Crippen LogP contribution in [0.1, 0.15) is 5.69 Å². The van der Waals surface area contributed by atoms with E-state index in [1.54, 1.807) is 6.20 Å². The largest absolute Gasteiger partial charge is 0.390 e. The van der Waals surface area contributed by atoms with E-state index in [-0.39, 0.29) is 6.61 Å². The van der Waals surface area contributed by atoms with Crippen LogP contribution in [-0.4, -0.2) is 14.5 Å². The Morgan fingerprint density at radius 1 is 1.50 bits per heavy atom. The van der Waals surface area contributed by atoms with Gasteiger partial charge in [0.1, 0.15) is 0 Å². The van der Waals surface area contributed by atoms with Gasteiger partial charge in [-0.2, -0.15) is 0 Å². The van der Waals surface area contributed by atoms with Crippen LogP contribution in [0.3, 0.4) is 0 Å². The second-order valence-electron chi connectivity index (χ2n) is 2.45. The molecule has 0 aliphatic carbocycles. The smallest absolute Gasteiger partial charge is 0.151 e. The van der Waals surface area contributed by atoms with Crippen LogP contribution in [0.2, 0.25) is 0 Å². The van der Waals surface area contributed by atoms with Crippen LogP contribution in [-0.2, 0) is 6.61 Å². The predicted octanol–water partition coefficient (Wildman–Crippen LogP) is 1.59. The van der Waals surface area contributed by atoms with E-state index in [9.17, 15) is 0 Å². The quantitative estimate of drug-likeness (QED) is 0.803. The fraction of sp³-hybridized carbons (Fsp3) is 0.125. The summed E-state index contributed by atoms with van der Waals surface area (Å²) >= 11 is 3.37. The van der Waals surface area contributed by atoms with Crippen molar-refractivity contribution in [3.63, 3.8) is 0 Å². The van der Waals surface area contributed by atoms with Crippen LogP contribution >= 0.6 is 15.9 Å². The molecule has 0 radical (unpaired) electrons. The summed E-state index contributed by atoms with van der Waals surface area (Å²) in [5.41, 5.74) is 1.67. The second kappa shape index (κ2) is 2.88. The van der Waals surface area contributed by atoms with E-state index in [1.807, 2.05) is 22.7 Å². The van der Waals surface area contributed by atoms with Gasteiger partial charge in [-0.3, -0.25) is 0 Å². The van der Waals surface area contributed by atoms with Crippen molar-refractivity contribution >= 4 is 21.6 Å². The molecule has 0 amide bonds. The predicted molar refractivity (Wildman–Crippen MR) is 48.8 cm³/mol. The number of pyridine rings is 1. The molecule has 4 heteroatoms. The third-order valence-electron chi connectivity index (χ3n) is 1.75. The van der Waals surface area contributed by atoms with E-state index >= 15 is 0 Å². The first-order valence-corrected chi connectivity index (χ1v) is 4.33. The molecule has 0 saturated heterocycles. The maximum absolute atomic E-state index is 8.98. The van der Waals surface area contributed by atoms with Crippen molar-refractivity contribution in [2.75, 3.05) is 0 Å². The molecular formula is C8H7BrN2O. The summed E-state index contributed by atoms with van der Waals surface area (Å²) in [6.07, 6.45) is 3.53. The first kappa shape index (κ1) is 7.76. The lowest BCUT2D eigenvalue weighted by atomic mass is 10.3. The van der Waals surface area contributed by atoms with E-state index in [4.69, 9.17) is 5.11 Å². The second-order valence-corrected chi connectivity index (χ2v) is 3.31. The highest BCUT2D eigenvalue weighted by atomic mass is 79.9. The maximum atomic E-state index is 8.98. The Bertz CT molecular complexity index is 410. The van der Waals surface area contributed by atoms with Crippen molar-refractivity contribution in [1.29, 1.82) is 0 Å². The first-order valence-electron chi connectivity index (χ1n) is 3.54. The summed E-state index contributed by atoms with van der Waals surface area (Å²) in [7, 11) is 0. The van der Waals surface area contributed by atoms with Crippen LogP contribution in [0.15, 0.2) is 29.0 Å². The molecule has 0 saturated carbocycles. The van der Waals surface area contributed by atoms with Gasteiger partial charge in [-0.25, -0.2) is 4.98 Å². The monoisotopic (exact) mass is 226 g/mol. The number of hydrogen-bond acceptors (Lipinski definition) is 2. The van der Waals surface area contributed by atoms with Gasteiger partial charge in [0.05, 0.1) is 11.1 Å². The fourth-order valence-corrected chi connectivity index (χ4v) is 1.59. The zero-order valence-electron chi connectivity index (χ0n) is 6.24. The minimum absolute atomic E-state index is 0.0279. The maximum Gasteiger partial charge on any atom is 0.151 e. The standard InChI is InChI=1S/C8H7BrN2O/c9-7-2-1-6(5-12)11-4-3-10-8(7)11/h1-4,12H,5H2.